The lowest BCUT2D eigenvalue weighted by molar-refractivity contribution is 0.0933. The highest BCUT2D eigenvalue weighted by Gasteiger charge is 2.25. The van der Waals surface area contributed by atoms with Crippen LogP contribution in [0.1, 0.15) is 34.9 Å². The maximum Gasteiger partial charge on any atom is 0.273 e. The second kappa shape index (κ2) is 9.28. The van der Waals surface area contributed by atoms with Gasteiger partial charge in [0.05, 0.1) is 30.1 Å². The number of benzene rings is 2. The highest BCUT2D eigenvalue weighted by Crippen LogP contribution is 2.27. The Kier molecular flexibility index (Phi) is 6.30. The standard InChI is InChI=1S/C22H24ClN5O2/c1-30-17-8-6-7-16(13-17)21(27-11-4-5-12-27)14-24-22(29)19-15-28(26-25-19)20-10-3-2-9-18(20)23/h2-3,6-10,13,15,21H,4-5,11-12,14H2,1H3,(H,24,29). The molecule has 4 rings (SSSR count). The van der Waals surface area contributed by atoms with Gasteiger partial charge in [-0.15, -0.1) is 5.10 Å². The summed E-state index contributed by atoms with van der Waals surface area (Å²) in [6, 6.07) is 15.4. The Morgan fingerprint density at radius 3 is 2.77 bits per heavy atom. The highest BCUT2D eigenvalue weighted by atomic mass is 35.5. The number of rotatable bonds is 7. The van der Waals surface area contributed by atoms with Crippen LogP contribution in [0.2, 0.25) is 5.02 Å². The first-order chi connectivity index (χ1) is 14.7. The summed E-state index contributed by atoms with van der Waals surface area (Å²) >= 11 is 6.21. The fourth-order valence-corrected chi connectivity index (χ4v) is 3.99. The van der Waals surface area contributed by atoms with Crippen LogP contribution in [0.3, 0.4) is 0 Å². The van der Waals surface area contributed by atoms with Crippen molar-refractivity contribution in [2.75, 3.05) is 26.7 Å². The van der Waals surface area contributed by atoms with Crippen LogP contribution in [0.5, 0.6) is 5.75 Å². The average molecular weight is 426 g/mol. The van der Waals surface area contributed by atoms with E-state index in [1.807, 2.05) is 36.4 Å². The molecule has 7 nitrogen and oxygen atoms in total. The summed E-state index contributed by atoms with van der Waals surface area (Å²) in [4.78, 5) is 15.1. The van der Waals surface area contributed by atoms with Gasteiger partial charge in [-0.25, -0.2) is 4.68 Å². The first-order valence-corrected chi connectivity index (χ1v) is 10.4. The molecule has 1 saturated heterocycles. The number of nitrogens with zero attached hydrogens (tertiary/aromatic N) is 4. The minimum absolute atomic E-state index is 0.0742. The minimum Gasteiger partial charge on any atom is -0.497 e. The van der Waals surface area contributed by atoms with Gasteiger partial charge in [0.15, 0.2) is 5.69 Å². The van der Waals surface area contributed by atoms with E-state index in [-0.39, 0.29) is 17.6 Å². The lowest BCUT2D eigenvalue weighted by Gasteiger charge is -2.28. The van der Waals surface area contributed by atoms with Gasteiger partial charge >= 0.3 is 0 Å². The molecule has 0 saturated carbocycles. The monoisotopic (exact) mass is 425 g/mol. The van der Waals surface area contributed by atoms with Gasteiger partial charge in [0.25, 0.3) is 5.91 Å². The number of aromatic nitrogens is 3. The zero-order valence-electron chi connectivity index (χ0n) is 16.8. The second-order valence-corrected chi connectivity index (χ2v) is 7.65. The van der Waals surface area contributed by atoms with E-state index in [0.717, 1.165) is 24.4 Å². The first-order valence-electron chi connectivity index (χ1n) is 9.99. The van der Waals surface area contributed by atoms with E-state index < -0.39 is 0 Å². The van der Waals surface area contributed by atoms with E-state index in [9.17, 15) is 4.79 Å². The maximum absolute atomic E-state index is 12.7. The van der Waals surface area contributed by atoms with Crippen molar-refractivity contribution in [1.82, 2.24) is 25.2 Å². The Morgan fingerprint density at radius 1 is 1.20 bits per heavy atom. The molecule has 0 bridgehead atoms. The summed E-state index contributed by atoms with van der Waals surface area (Å²) in [5.41, 5.74) is 2.05. The Hall–Kier alpha value is -2.90. The Bertz CT molecular complexity index is 1020. The van der Waals surface area contributed by atoms with E-state index in [4.69, 9.17) is 16.3 Å². The molecule has 1 aliphatic heterocycles. The van der Waals surface area contributed by atoms with Gasteiger partial charge in [-0.3, -0.25) is 9.69 Å². The number of ether oxygens (including phenoxy) is 1. The van der Waals surface area contributed by atoms with E-state index in [2.05, 4.69) is 26.6 Å². The number of nitrogens with one attached hydrogen (secondary N) is 1. The summed E-state index contributed by atoms with van der Waals surface area (Å²) in [6.07, 6.45) is 3.92. The molecule has 30 heavy (non-hydrogen) atoms. The molecule has 1 atom stereocenters. The number of para-hydroxylation sites is 1. The maximum atomic E-state index is 12.7. The Balaban J connectivity index is 1.48. The fraction of sp³-hybridized carbons (Fsp3) is 0.318. The fourth-order valence-electron chi connectivity index (χ4n) is 3.76. The van der Waals surface area contributed by atoms with Crippen molar-refractivity contribution in [2.24, 2.45) is 0 Å². The molecule has 3 aromatic rings. The number of methoxy groups -OCH3 is 1. The molecule has 1 aliphatic rings. The molecule has 1 fully saturated rings. The molecule has 2 aromatic carbocycles. The van der Waals surface area contributed by atoms with Crippen molar-refractivity contribution in [3.8, 4) is 11.4 Å². The summed E-state index contributed by atoms with van der Waals surface area (Å²) in [6.45, 7) is 2.51. The predicted molar refractivity (Wildman–Crippen MR) is 115 cm³/mol. The third kappa shape index (κ3) is 4.47. The zero-order chi connectivity index (χ0) is 20.9. The number of hydrogen-bond donors (Lipinski definition) is 1. The molecular weight excluding hydrogens is 402 g/mol. The van der Waals surface area contributed by atoms with E-state index in [1.54, 1.807) is 19.4 Å². The van der Waals surface area contributed by atoms with Crippen LogP contribution in [-0.4, -0.2) is 52.5 Å². The molecule has 2 heterocycles. The van der Waals surface area contributed by atoms with Crippen LogP contribution < -0.4 is 10.1 Å². The van der Waals surface area contributed by atoms with Gasteiger partial charge in [0, 0.05) is 6.54 Å². The average Bonchev–Trinajstić information content (AvgIpc) is 3.47. The minimum atomic E-state index is -0.264. The SMILES string of the molecule is COc1cccc(C(CNC(=O)c2cn(-c3ccccc3Cl)nn2)N2CCCC2)c1. The lowest BCUT2D eigenvalue weighted by Crippen LogP contribution is -2.37. The van der Waals surface area contributed by atoms with Gasteiger partial charge < -0.3 is 10.1 Å². The number of carbonyl (C=O) groups is 1. The Labute approximate surface area is 180 Å². The number of likely N-dealkylation sites (tertiary alicyclic amines) is 1. The van der Waals surface area contributed by atoms with Gasteiger partial charge in [0.2, 0.25) is 0 Å². The normalized spacial score (nSPS) is 15.1. The topological polar surface area (TPSA) is 72.3 Å². The molecule has 1 amide bonds. The van der Waals surface area contributed by atoms with Gasteiger partial charge in [-0.1, -0.05) is 41.1 Å². The molecule has 8 heteroatoms. The van der Waals surface area contributed by atoms with E-state index in [0.29, 0.717) is 17.3 Å². The summed E-state index contributed by atoms with van der Waals surface area (Å²) in [5.74, 6) is 0.547. The highest BCUT2D eigenvalue weighted by molar-refractivity contribution is 6.32. The number of hydrogen-bond acceptors (Lipinski definition) is 5. The van der Waals surface area contributed by atoms with Crippen LogP contribution >= 0.6 is 11.6 Å². The molecule has 0 spiro atoms. The number of halogens is 1. The predicted octanol–water partition coefficient (Wildman–Crippen LogP) is 3.50. The molecule has 156 valence electrons. The van der Waals surface area contributed by atoms with Crippen molar-refractivity contribution < 1.29 is 9.53 Å². The van der Waals surface area contributed by atoms with Gasteiger partial charge in [0.1, 0.15) is 5.75 Å². The van der Waals surface area contributed by atoms with Crippen LogP contribution in [0.25, 0.3) is 5.69 Å². The summed E-state index contributed by atoms with van der Waals surface area (Å²) < 4.78 is 6.89. The molecule has 0 aliphatic carbocycles. The molecule has 1 unspecified atom stereocenters. The smallest absolute Gasteiger partial charge is 0.273 e. The second-order valence-electron chi connectivity index (χ2n) is 7.25. The van der Waals surface area contributed by atoms with Crippen molar-refractivity contribution in [3.05, 3.63) is 71.0 Å². The first kappa shape index (κ1) is 20.4. The van der Waals surface area contributed by atoms with Crippen LogP contribution in [0.4, 0.5) is 0 Å². The van der Waals surface area contributed by atoms with E-state index >= 15 is 0 Å². The lowest BCUT2D eigenvalue weighted by atomic mass is 10.0. The zero-order valence-corrected chi connectivity index (χ0v) is 17.5. The van der Waals surface area contributed by atoms with Crippen LogP contribution in [0, 0.1) is 0 Å². The van der Waals surface area contributed by atoms with Crippen LogP contribution in [-0.2, 0) is 0 Å². The van der Waals surface area contributed by atoms with E-state index in [1.165, 1.54) is 17.5 Å². The summed E-state index contributed by atoms with van der Waals surface area (Å²) in [7, 11) is 1.66. The van der Waals surface area contributed by atoms with Crippen molar-refractivity contribution in [3.63, 3.8) is 0 Å². The third-order valence-corrected chi connectivity index (χ3v) is 5.66. The molecule has 0 radical (unpaired) electrons. The number of carbonyl (C=O) groups excluding carboxylic acids is 1. The van der Waals surface area contributed by atoms with Gasteiger partial charge in [-0.2, -0.15) is 0 Å². The van der Waals surface area contributed by atoms with Crippen molar-refractivity contribution >= 4 is 17.5 Å². The van der Waals surface area contributed by atoms with Crippen molar-refractivity contribution in [1.29, 1.82) is 0 Å². The molecule has 1 N–H and O–H groups in total. The third-order valence-electron chi connectivity index (χ3n) is 5.34. The number of amides is 1. The van der Waals surface area contributed by atoms with Crippen molar-refractivity contribution in [2.45, 2.75) is 18.9 Å². The Morgan fingerprint density at radius 2 is 2.00 bits per heavy atom. The van der Waals surface area contributed by atoms with Crippen LogP contribution in [0.15, 0.2) is 54.7 Å². The molecular formula is C22H24ClN5O2. The summed E-state index contributed by atoms with van der Waals surface area (Å²) in [5, 5.41) is 11.6. The van der Waals surface area contributed by atoms with Gasteiger partial charge in [-0.05, 0) is 55.8 Å². The molecule has 1 aromatic heterocycles. The largest absolute Gasteiger partial charge is 0.497 e. The quantitative estimate of drug-likeness (QED) is 0.627.